The molecule has 2 aromatic heterocycles. The van der Waals surface area contributed by atoms with Crippen molar-refractivity contribution >= 4 is 28.4 Å². The number of rotatable bonds is 8. The fourth-order valence-corrected chi connectivity index (χ4v) is 6.65. The fraction of sp³-hybridized carbons (Fsp3) is 0.606. The smallest absolute Gasteiger partial charge is 0.151 e. The standard InChI is InChI=1S/C33H48N8O2/c1-5-27-33(36-24-10-18-42-19-11-24)38-30-26(21-35-32(34)31(30)37-27)23-6-7-28(29(20-23)43-22(2)3)41-12-8-25(9-13-41)40-16-14-39(4)15-17-40/h6-7,20-22,24-25H,5,8-19H2,1-4H3,(H2,34,35)(H,36,38). The fourth-order valence-electron chi connectivity index (χ4n) is 6.65. The van der Waals surface area contributed by atoms with E-state index >= 15 is 0 Å². The lowest BCUT2D eigenvalue weighted by atomic mass is 10.00. The van der Waals surface area contributed by atoms with Gasteiger partial charge in [-0.15, -0.1) is 0 Å². The summed E-state index contributed by atoms with van der Waals surface area (Å²) in [6.45, 7) is 14.5. The molecule has 3 aromatic rings. The average Bonchev–Trinajstić information content (AvgIpc) is 3.02. The van der Waals surface area contributed by atoms with E-state index in [2.05, 4.69) is 71.0 Å². The maximum Gasteiger partial charge on any atom is 0.151 e. The maximum atomic E-state index is 6.45. The maximum absolute atomic E-state index is 6.45. The van der Waals surface area contributed by atoms with Gasteiger partial charge in [0.2, 0.25) is 0 Å². The minimum atomic E-state index is 0.0559. The second kappa shape index (κ2) is 13.2. The molecule has 6 rings (SSSR count). The first-order valence-electron chi connectivity index (χ1n) is 16.2. The minimum absolute atomic E-state index is 0.0559. The number of nitrogens with zero attached hydrogens (tertiary/aromatic N) is 6. The number of aromatic nitrogens is 3. The van der Waals surface area contributed by atoms with Crippen molar-refractivity contribution in [2.45, 2.75) is 71.1 Å². The molecule has 0 unspecified atom stereocenters. The first kappa shape index (κ1) is 29.8. The molecular formula is C33H48N8O2. The van der Waals surface area contributed by atoms with E-state index in [1.807, 2.05) is 6.20 Å². The zero-order valence-electron chi connectivity index (χ0n) is 26.3. The minimum Gasteiger partial charge on any atom is -0.489 e. The van der Waals surface area contributed by atoms with E-state index in [1.54, 1.807) is 0 Å². The van der Waals surface area contributed by atoms with Crippen LogP contribution in [0.25, 0.3) is 22.2 Å². The number of hydrogen-bond donors (Lipinski definition) is 2. The molecule has 3 aliphatic heterocycles. The molecule has 3 aliphatic rings. The van der Waals surface area contributed by atoms with Crippen molar-refractivity contribution < 1.29 is 9.47 Å². The Morgan fingerprint density at radius 1 is 1.00 bits per heavy atom. The molecule has 10 nitrogen and oxygen atoms in total. The van der Waals surface area contributed by atoms with Crippen LogP contribution in [-0.4, -0.2) is 102 Å². The molecule has 0 amide bonds. The van der Waals surface area contributed by atoms with E-state index in [0.29, 0.717) is 23.4 Å². The van der Waals surface area contributed by atoms with Crippen molar-refractivity contribution in [1.29, 1.82) is 0 Å². The number of pyridine rings is 1. The van der Waals surface area contributed by atoms with Crippen LogP contribution in [0, 0.1) is 0 Å². The first-order chi connectivity index (χ1) is 20.9. The van der Waals surface area contributed by atoms with Crippen LogP contribution in [0.3, 0.4) is 0 Å². The number of fused-ring (bicyclic) bond motifs is 1. The second-order valence-corrected chi connectivity index (χ2v) is 12.6. The van der Waals surface area contributed by atoms with Crippen molar-refractivity contribution in [3.63, 3.8) is 0 Å². The number of nitrogens with two attached hydrogens (primary N) is 1. The molecule has 3 N–H and O–H groups in total. The van der Waals surface area contributed by atoms with Gasteiger partial charge in [-0.3, -0.25) is 4.90 Å². The van der Waals surface area contributed by atoms with Crippen molar-refractivity contribution in [1.82, 2.24) is 24.8 Å². The molecule has 1 aromatic carbocycles. The van der Waals surface area contributed by atoms with Gasteiger partial charge in [0.15, 0.2) is 5.82 Å². The summed E-state index contributed by atoms with van der Waals surface area (Å²) < 4.78 is 12.0. The third-order valence-electron chi connectivity index (χ3n) is 9.19. The quantitative estimate of drug-likeness (QED) is 0.393. The van der Waals surface area contributed by atoms with Crippen LogP contribution in [0.1, 0.15) is 52.1 Å². The molecule has 0 radical (unpaired) electrons. The Hall–Kier alpha value is -3.21. The van der Waals surface area contributed by atoms with E-state index in [9.17, 15) is 0 Å². The van der Waals surface area contributed by atoms with E-state index in [0.717, 1.165) is 85.2 Å². The van der Waals surface area contributed by atoms with Gasteiger partial charge in [0.25, 0.3) is 0 Å². The summed E-state index contributed by atoms with van der Waals surface area (Å²) in [4.78, 5) is 22.3. The highest BCUT2D eigenvalue weighted by molar-refractivity contribution is 5.97. The third-order valence-corrected chi connectivity index (χ3v) is 9.19. The van der Waals surface area contributed by atoms with Crippen LogP contribution in [0.2, 0.25) is 0 Å². The predicted molar refractivity (Wildman–Crippen MR) is 174 cm³/mol. The summed E-state index contributed by atoms with van der Waals surface area (Å²) in [5, 5.41) is 3.66. The highest BCUT2D eigenvalue weighted by Gasteiger charge is 2.28. The molecule has 43 heavy (non-hydrogen) atoms. The molecule has 3 saturated heterocycles. The lowest BCUT2D eigenvalue weighted by Crippen LogP contribution is -2.52. The summed E-state index contributed by atoms with van der Waals surface area (Å²) in [6.07, 6.45) is 6.90. The Kier molecular flexibility index (Phi) is 9.16. The lowest BCUT2D eigenvalue weighted by Gasteiger charge is -2.42. The van der Waals surface area contributed by atoms with Crippen LogP contribution in [0.5, 0.6) is 5.75 Å². The topological polar surface area (TPSA) is 105 Å². The second-order valence-electron chi connectivity index (χ2n) is 12.6. The van der Waals surface area contributed by atoms with Crippen molar-refractivity contribution in [3.05, 3.63) is 30.1 Å². The van der Waals surface area contributed by atoms with Crippen molar-refractivity contribution in [3.8, 4) is 16.9 Å². The van der Waals surface area contributed by atoms with Crippen LogP contribution >= 0.6 is 0 Å². The first-order valence-corrected chi connectivity index (χ1v) is 16.2. The van der Waals surface area contributed by atoms with E-state index < -0.39 is 0 Å². The van der Waals surface area contributed by atoms with E-state index in [1.165, 1.54) is 39.0 Å². The predicted octanol–water partition coefficient (Wildman–Crippen LogP) is 4.43. The Morgan fingerprint density at radius 2 is 1.74 bits per heavy atom. The van der Waals surface area contributed by atoms with E-state index in [-0.39, 0.29) is 6.10 Å². The summed E-state index contributed by atoms with van der Waals surface area (Å²) in [7, 11) is 2.22. The lowest BCUT2D eigenvalue weighted by molar-refractivity contribution is 0.0903. The van der Waals surface area contributed by atoms with Gasteiger partial charge in [-0.1, -0.05) is 13.0 Å². The molecule has 0 spiro atoms. The molecule has 10 heteroatoms. The number of nitrogens with one attached hydrogen (secondary N) is 1. The Morgan fingerprint density at radius 3 is 2.44 bits per heavy atom. The van der Waals surface area contributed by atoms with Crippen LogP contribution in [0.15, 0.2) is 24.4 Å². The highest BCUT2D eigenvalue weighted by Crippen LogP contribution is 2.38. The average molecular weight is 589 g/mol. The van der Waals surface area contributed by atoms with Crippen LogP contribution in [0.4, 0.5) is 17.3 Å². The molecular weight excluding hydrogens is 540 g/mol. The van der Waals surface area contributed by atoms with Crippen molar-refractivity contribution in [2.75, 3.05) is 75.5 Å². The normalized spacial score (nSPS) is 19.8. The Balaban J connectivity index is 1.29. The number of piperazine rings is 1. The zero-order chi connectivity index (χ0) is 29.9. The number of hydrogen-bond acceptors (Lipinski definition) is 10. The monoisotopic (exact) mass is 588 g/mol. The summed E-state index contributed by atoms with van der Waals surface area (Å²) in [5.74, 6) is 2.12. The highest BCUT2D eigenvalue weighted by atomic mass is 16.5. The van der Waals surface area contributed by atoms with Crippen LogP contribution in [-0.2, 0) is 11.2 Å². The van der Waals surface area contributed by atoms with Gasteiger partial charge < -0.3 is 30.3 Å². The number of anilines is 3. The SMILES string of the molecule is CCc1nc2c(N)ncc(-c3ccc(N4CCC(N5CCN(C)CC5)CC4)c(OC(C)C)c3)c2nc1NC1CCOCC1. The van der Waals surface area contributed by atoms with E-state index in [4.69, 9.17) is 25.2 Å². The molecule has 0 aliphatic carbocycles. The number of likely N-dealkylation sites (N-methyl/N-ethyl adjacent to an activating group) is 1. The summed E-state index contributed by atoms with van der Waals surface area (Å²) >= 11 is 0. The molecule has 0 saturated carbocycles. The molecule has 0 atom stereocenters. The van der Waals surface area contributed by atoms with Gasteiger partial charge in [0.1, 0.15) is 22.6 Å². The van der Waals surface area contributed by atoms with Gasteiger partial charge in [0.05, 0.1) is 17.5 Å². The van der Waals surface area contributed by atoms with Gasteiger partial charge >= 0.3 is 0 Å². The number of aryl methyl sites for hydroxylation is 1. The number of nitrogen functional groups attached to an aromatic ring is 1. The molecule has 0 bridgehead atoms. The van der Waals surface area contributed by atoms with Crippen LogP contribution < -0.4 is 20.7 Å². The third kappa shape index (κ3) is 6.66. The van der Waals surface area contributed by atoms with Gasteiger partial charge in [-0.25, -0.2) is 15.0 Å². The zero-order valence-corrected chi connectivity index (χ0v) is 26.3. The Labute approximate surface area is 256 Å². The number of ether oxygens (including phenoxy) is 2. The molecule has 5 heterocycles. The summed E-state index contributed by atoms with van der Waals surface area (Å²) in [6, 6.07) is 7.51. The number of piperidine rings is 1. The number of benzene rings is 1. The van der Waals surface area contributed by atoms with Gasteiger partial charge in [-0.2, -0.15) is 0 Å². The molecule has 232 valence electrons. The summed E-state index contributed by atoms with van der Waals surface area (Å²) in [5.41, 5.74) is 11.7. The van der Waals surface area contributed by atoms with Crippen molar-refractivity contribution in [2.24, 2.45) is 0 Å². The Bertz CT molecular complexity index is 1390. The largest absolute Gasteiger partial charge is 0.489 e. The van der Waals surface area contributed by atoms with Gasteiger partial charge in [-0.05, 0) is 70.7 Å². The molecule has 3 fully saturated rings. The van der Waals surface area contributed by atoms with Gasteiger partial charge in [0, 0.05) is 76.3 Å².